The predicted molar refractivity (Wildman–Crippen MR) is 99.4 cm³/mol. The van der Waals surface area contributed by atoms with Gasteiger partial charge in [-0.3, -0.25) is 0 Å². The summed E-state index contributed by atoms with van der Waals surface area (Å²) >= 11 is 0. The summed E-state index contributed by atoms with van der Waals surface area (Å²) in [5.74, 6) is 1.59. The molecule has 6 heteroatoms. The quantitative estimate of drug-likeness (QED) is 0.919. The molecule has 0 bridgehead atoms. The van der Waals surface area contributed by atoms with Crippen molar-refractivity contribution in [2.24, 2.45) is 10.9 Å². The van der Waals surface area contributed by atoms with E-state index < -0.39 is 0 Å². The second kappa shape index (κ2) is 6.78. The molecular weight excluding hydrogens is 314 g/mol. The molecule has 0 aliphatic carbocycles. The van der Waals surface area contributed by atoms with Gasteiger partial charge in [0.15, 0.2) is 0 Å². The van der Waals surface area contributed by atoms with E-state index >= 15 is 0 Å². The number of hydrogen-bond acceptors (Lipinski definition) is 6. The van der Waals surface area contributed by atoms with Crippen LogP contribution < -0.4 is 5.32 Å². The predicted octanol–water partition coefficient (Wildman–Crippen LogP) is 3.71. The van der Waals surface area contributed by atoms with Crippen LogP contribution in [0.25, 0.3) is 0 Å². The smallest absolute Gasteiger partial charge is 0.247 e. The Morgan fingerprint density at radius 3 is 2.64 bits per heavy atom. The summed E-state index contributed by atoms with van der Waals surface area (Å²) in [6.45, 7) is 11.2. The van der Waals surface area contributed by atoms with E-state index in [1.54, 1.807) is 6.20 Å². The summed E-state index contributed by atoms with van der Waals surface area (Å²) in [6.07, 6.45) is 1.70. The summed E-state index contributed by atoms with van der Waals surface area (Å²) in [5.41, 5.74) is 2.57. The molecule has 1 aliphatic rings. The fraction of sp³-hybridized carbons (Fsp3) is 0.474. The van der Waals surface area contributed by atoms with Crippen LogP contribution in [-0.2, 0) is 10.2 Å². The van der Waals surface area contributed by atoms with Crippen LogP contribution in [0.1, 0.15) is 45.9 Å². The van der Waals surface area contributed by atoms with Crippen LogP contribution >= 0.6 is 0 Å². The minimum Gasteiger partial charge on any atom is -0.475 e. The Hall–Kier alpha value is -2.50. The van der Waals surface area contributed by atoms with Crippen LogP contribution in [0.3, 0.4) is 0 Å². The summed E-state index contributed by atoms with van der Waals surface area (Å²) in [7, 11) is 0. The third-order valence-electron chi connectivity index (χ3n) is 4.17. The van der Waals surface area contributed by atoms with Crippen molar-refractivity contribution in [2.45, 2.75) is 46.1 Å². The zero-order chi connectivity index (χ0) is 18.0. The van der Waals surface area contributed by atoms with Gasteiger partial charge in [-0.2, -0.15) is 5.10 Å². The third kappa shape index (κ3) is 3.95. The lowest BCUT2D eigenvalue weighted by atomic mass is 9.93. The van der Waals surface area contributed by atoms with Gasteiger partial charge in [0.25, 0.3) is 0 Å². The lowest BCUT2D eigenvalue weighted by molar-refractivity contribution is 0.292. The van der Waals surface area contributed by atoms with Crippen LogP contribution in [0.4, 0.5) is 11.6 Å². The third-order valence-corrected chi connectivity index (χ3v) is 4.17. The van der Waals surface area contributed by atoms with Crippen LogP contribution in [-0.4, -0.2) is 33.7 Å². The number of ether oxygens (including phenoxy) is 1. The highest BCUT2D eigenvalue weighted by Gasteiger charge is 2.24. The number of nitrogens with one attached hydrogen (secondary N) is 1. The number of aliphatic imine (C=N–C) groups is 1. The van der Waals surface area contributed by atoms with E-state index in [9.17, 15) is 0 Å². The Bertz CT molecular complexity index is 779. The molecular formula is C19H25N5O. The molecule has 1 atom stereocenters. The van der Waals surface area contributed by atoms with Gasteiger partial charge in [-0.05, 0) is 18.1 Å². The number of aromatic nitrogens is 3. The zero-order valence-corrected chi connectivity index (χ0v) is 15.4. The first-order valence-electron chi connectivity index (χ1n) is 8.62. The fourth-order valence-corrected chi connectivity index (χ4v) is 2.50. The molecule has 6 nitrogen and oxygen atoms in total. The maximum Gasteiger partial charge on any atom is 0.247 e. The van der Waals surface area contributed by atoms with Crippen molar-refractivity contribution in [3.05, 3.63) is 41.7 Å². The maximum absolute atomic E-state index is 5.82. The number of hydrogen-bond donors (Lipinski definition) is 1. The van der Waals surface area contributed by atoms with E-state index in [4.69, 9.17) is 9.73 Å². The Kier molecular flexibility index (Phi) is 4.70. The van der Waals surface area contributed by atoms with E-state index in [1.807, 2.05) is 24.3 Å². The van der Waals surface area contributed by atoms with Gasteiger partial charge in [0.05, 0.1) is 29.2 Å². The van der Waals surface area contributed by atoms with E-state index in [1.165, 1.54) is 0 Å². The molecule has 1 N–H and O–H groups in total. The van der Waals surface area contributed by atoms with Gasteiger partial charge in [0.2, 0.25) is 11.8 Å². The Labute approximate surface area is 148 Å². The summed E-state index contributed by atoms with van der Waals surface area (Å²) in [6, 6.07) is 8.09. The number of benzene rings is 1. The van der Waals surface area contributed by atoms with Crippen molar-refractivity contribution >= 4 is 17.5 Å². The molecule has 132 valence electrons. The van der Waals surface area contributed by atoms with E-state index in [-0.39, 0.29) is 11.5 Å². The molecule has 1 aliphatic heterocycles. The van der Waals surface area contributed by atoms with E-state index in [2.05, 4.69) is 55.1 Å². The van der Waals surface area contributed by atoms with Crippen molar-refractivity contribution in [3.63, 3.8) is 0 Å². The number of rotatable bonds is 4. The van der Waals surface area contributed by atoms with Gasteiger partial charge in [0, 0.05) is 5.41 Å². The molecule has 25 heavy (non-hydrogen) atoms. The Morgan fingerprint density at radius 1 is 1.20 bits per heavy atom. The first-order valence-corrected chi connectivity index (χ1v) is 8.62. The van der Waals surface area contributed by atoms with Gasteiger partial charge in [0.1, 0.15) is 6.61 Å². The van der Waals surface area contributed by atoms with Gasteiger partial charge in [-0.25, -0.2) is 9.98 Å². The number of para-hydroxylation sites is 1. The highest BCUT2D eigenvalue weighted by Crippen LogP contribution is 2.25. The molecule has 0 amide bonds. The topological polar surface area (TPSA) is 72.3 Å². The van der Waals surface area contributed by atoms with Gasteiger partial charge >= 0.3 is 0 Å². The second-order valence-electron chi connectivity index (χ2n) is 7.64. The molecule has 1 aromatic carbocycles. The zero-order valence-electron chi connectivity index (χ0n) is 15.4. The molecule has 0 spiro atoms. The average molecular weight is 339 g/mol. The first kappa shape index (κ1) is 17.3. The molecule has 0 saturated heterocycles. The number of anilines is 2. The molecule has 0 saturated carbocycles. The molecule has 2 heterocycles. The Balaban J connectivity index is 1.89. The highest BCUT2D eigenvalue weighted by molar-refractivity contribution is 6.00. The SMILES string of the molecule is CC(C)[C@H]1COC(c2ccccc2Nc2nncc(C(C)(C)C)n2)=N1. The summed E-state index contributed by atoms with van der Waals surface area (Å²) in [4.78, 5) is 9.30. The lowest BCUT2D eigenvalue weighted by Gasteiger charge is -2.17. The molecule has 0 unspecified atom stereocenters. The van der Waals surface area contributed by atoms with Crippen LogP contribution in [0.15, 0.2) is 35.5 Å². The lowest BCUT2D eigenvalue weighted by Crippen LogP contribution is -2.16. The second-order valence-corrected chi connectivity index (χ2v) is 7.64. The van der Waals surface area contributed by atoms with Crippen molar-refractivity contribution in [2.75, 3.05) is 11.9 Å². The monoisotopic (exact) mass is 339 g/mol. The largest absolute Gasteiger partial charge is 0.475 e. The van der Waals surface area contributed by atoms with Gasteiger partial charge in [-0.15, -0.1) is 5.10 Å². The molecule has 3 rings (SSSR count). The minimum absolute atomic E-state index is 0.0883. The average Bonchev–Trinajstić information content (AvgIpc) is 3.05. The maximum atomic E-state index is 5.82. The van der Waals surface area contributed by atoms with E-state index in [0.29, 0.717) is 24.4 Å². The molecule has 2 aromatic rings. The van der Waals surface area contributed by atoms with Gasteiger partial charge < -0.3 is 10.1 Å². The van der Waals surface area contributed by atoms with Crippen molar-refractivity contribution < 1.29 is 4.74 Å². The van der Waals surface area contributed by atoms with Crippen molar-refractivity contribution in [1.82, 2.24) is 15.2 Å². The summed E-state index contributed by atoms with van der Waals surface area (Å²) in [5, 5.41) is 11.4. The fourth-order valence-electron chi connectivity index (χ4n) is 2.50. The van der Waals surface area contributed by atoms with Crippen molar-refractivity contribution in [1.29, 1.82) is 0 Å². The van der Waals surface area contributed by atoms with Crippen LogP contribution in [0, 0.1) is 5.92 Å². The molecule has 0 radical (unpaired) electrons. The van der Waals surface area contributed by atoms with Crippen molar-refractivity contribution in [3.8, 4) is 0 Å². The molecule has 1 aromatic heterocycles. The van der Waals surface area contributed by atoms with E-state index in [0.717, 1.165) is 16.9 Å². The van der Waals surface area contributed by atoms with Crippen LogP contribution in [0.5, 0.6) is 0 Å². The molecule has 0 fully saturated rings. The van der Waals surface area contributed by atoms with Gasteiger partial charge in [-0.1, -0.05) is 46.8 Å². The standard InChI is InChI=1S/C19H25N5O/c1-12(2)15-11-25-17(21-15)13-8-6-7-9-14(13)22-18-23-16(10-20-24-18)19(3,4)5/h6-10,12,15H,11H2,1-5H3,(H,22,23,24)/t15-/m1/s1. The Morgan fingerprint density at radius 2 is 1.96 bits per heavy atom. The number of nitrogens with zero attached hydrogens (tertiary/aromatic N) is 4. The summed E-state index contributed by atoms with van der Waals surface area (Å²) < 4.78 is 5.82. The van der Waals surface area contributed by atoms with Crippen LogP contribution in [0.2, 0.25) is 0 Å². The normalized spacial score (nSPS) is 17.4. The minimum atomic E-state index is -0.0883. The first-order chi connectivity index (χ1) is 11.8. The highest BCUT2D eigenvalue weighted by atomic mass is 16.5.